The molecule has 3 rings (SSSR count). The van der Waals surface area contributed by atoms with Crippen LogP contribution in [0.25, 0.3) is 0 Å². The molecule has 0 aliphatic carbocycles. The topological polar surface area (TPSA) is 21.3 Å². The first-order chi connectivity index (χ1) is 7.77. The van der Waals surface area contributed by atoms with Gasteiger partial charge in [0.2, 0.25) is 0 Å². The van der Waals surface area contributed by atoms with E-state index < -0.39 is 0 Å². The fourth-order valence-corrected chi connectivity index (χ4v) is 2.93. The molecule has 2 nitrogen and oxygen atoms in total. The highest BCUT2D eigenvalue weighted by atomic mass is 35.5. The van der Waals surface area contributed by atoms with Gasteiger partial charge in [0.25, 0.3) is 0 Å². The van der Waals surface area contributed by atoms with Gasteiger partial charge < -0.3 is 10.1 Å². The summed E-state index contributed by atoms with van der Waals surface area (Å²) < 4.78 is 6.17. The summed E-state index contributed by atoms with van der Waals surface area (Å²) in [6, 6.07) is 6.01. The lowest BCUT2D eigenvalue weighted by atomic mass is 9.90. The molecule has 1 aromatic carbocycles. The maximum Gasteiger partial charge on any atom is 0.124 e. The van der Waals surface area contributed by atoms with Gasteiger partial charge in [-0.05, 0) is 50.0 Å². The average molecular weight is 238 g/mol. The van der Waals surface area contributed by atoms with E-state index in [-0.39, 0.29) is 5.60 Å². The van der Waals surface area contributed by atoms with Gasteiger partial charge in [0.15, 0.2) is 0 Å². The minimum Gasteiger partial charge on any atom is -0.487 e. The maximum absolute atomic E-state index is 6.17. The Hall–Kier alpha value is -0.730. The lowest BCUT2D eigenvalue weighted by Gasteiger charge is -2.26. The van der Waals surface area contributed by atoms with E-state index in [1.54, 1.807) is 0 Å². The van der Waals surface area contributed by atoms with E-state index in [0.717, 1.165) is 43.1 Å². The summed E-state index contributed by atoms with van der Waals surface area (Å²) in [5.74, 6) is 0.995. The molecule has 0 amide bonds. The van der Waals surface area contributed by atoms with Crippen molar-refractivity contribution in [3.63, 3.8) is 0 Å². The number of ether oxygens (including phenoxy) is 1. The van der Waals surface area contributed by atoms with E-state index in [1.165, 1.54) is 12.0 Å². The Labute approximate surface area is 101 Å². The first-order valence-corrected chi connectivity index (χ1v) is 6.33. The Morgan fingerprint density at radius 2 is 2.19 bits per heavy atom. The molecule has 0 saturated carbocycles. The van der Waals surface area contributed by atoms with E-state index in [0.29, 0.717) is 0 Å². The largest absolute Gasteiger partial charge is 0.487 e. The van der Waals surface area contributed by atoms with Gasteiger partial charge in [-0.3, -0.25) is 0 Å². The molecule has 1 spiro atoms. The zero-order valence-corrected chi connectivity index (χ0v) is 10.0. The van der Waals surface area contributed by atoms with Crippen molar-refractivity contribution >= 4 is 11.6 Å². The number of hydrogen-bond donors (Lipinski definition) is 1. The number of nitrogens with one attached hydrogen (secondary N) is 1. The summed E-state index contributed by atoms with van der Waals surface area (Å²) in [5, 5.41) is 4.20. The van der Waals surface area contributed by atoms with Gasteiger partial charge in [-0.15, -0.1) is 0 Å². The molecule has 1 aromatic rings. The van der Waals surface area contributed by atoms with E-state index in [1.807, 2.05) is 12.1 Å². The number of benzene rings is 1. The molecule has 1 atom stereocenters. The highest BCUT2D eigenvalue weighted by Gasteiger charge is 2.39. The van der Waals surface area contributed by atoms with Crippen LogP contribution in [-0.2, 0) is 6.42 Å². The summed E-state index contributed by atoms with van der Waals surface area (Å²) >= 11 is 5.99. The molecule has 1 N–H and O–H groups in total. The third-order valence-corrected chi connectivity index (χ3v) is 3.85. The van der Waals surface area contributed by atoms with Crippen LogP contribution in [0.2, 0.25) is 5.02 Å². The smallest absolute Gasteiger partial charge is 0.124 e. The first kappa shape index (κ1) is 10.4. The Kier molecular flexibility index (Phi) is 2.56. The highest BCUT2D eigenvalue weighted by molar-refractivity contribution is 6.30. The fraction of sp³-hybridized carbons (Fsp3) is 0.538. The monoisotopic (exact) mass is 237 g/mol. The summed E-state index contributed by atoms with van der Waals surface area (Å²) in [6.45, 7) is 2.17. The van der Waals surface area contributed by atoms with Crippen molar-refractivity contribution in [2.75, 3.05) is 13.1 Å². The van der Waals surface area contributed by atoms with Gasteiger partial charge in [0.05, 0.1) is 0 Å². The van der Waals surface area contributed by atoms with Crippen molar-refractivity contribution in [3.8, 4) is 5.75 Å². The van der Waals surface area contributed by atoms with Crippen LogP contribution < -0.4 is 10.1 Å². The molecule has 1 unspecified atom stereocenters. The normalized spacial score (nSPS) is 28.6. The summed E-state index contributed by atoms with van der Waals surface area (Å²) in [4.78, 5) is 0. The molecular weight excluding hydrogens is 222 g/mol. The van der Waals surface area contributed by atoms with Crippen molar-refractivity contribution < 1.29 is 4.74 Å². The summed E-state index contributed by atoms with van der Waals surface area (Å²) in [5.41, 5.74) is 1.35. The van der Waals surface area contributed by atoms with Crippen LogP contribution in [0.15, 0.2) is 18.2 Å². The zero-order valence-electron chi connectivity index (χ0n) is 9.26. The molecule has 0 radical (unpaired) electrons. The van der Waals surface area contributed by atoms with Crippen LogP contribution in [0.4, 0.5) is 0 Å². The number of halogens is 1. The van der Waals surface area contributed by atoms with Crippen LogP contribution in [0.5, 0.6) is 5.75 Å². The highest BCUT2D eigenvalue weighted by Crippen LogP contribution is 2.41. The molecule has 2 aliphatic rings. The van der Waals surface area contributed by atoms with Gasteiger partial charge in [-0.25, -0.2) is 0 Å². The fourth-order valence-electron chi connectivity index (χ4n) is 2.77. The van der Waals surface area contributed by atoms with E-state index >= 15 is 0 Å². The van der Waals surface area contributed by atoms with Gasteiger partial charge in [0, 0.05) is 11.4 Å². The lowest BCUT2D eigenvalue weighted by Crippen LogP contribution is -2.35. The van der Waals surface area contributed by atoms with Crippen LogP contribution in [0, 0.1) is 0 Å². The number of fused-ring (bicyclic) bond motifs is 1. The van der Waals surface area contributed by atoms with Gasteiger partial charge in [-0.2, -0.15) is 0 Å². The standard InChI is InChI=1S/C13H16ClNO/c14-11-3-2-10-9-13(16-12(10)8-11)4-1-6-15-7-5-13/h2-3,8,15H,1,4-7,9H2. The predicted molar refractivity (Wildman–Crippen MR) is 65.2 cm³/mol. The maximum atomic E-state index is 6.17. The predicted octanol–water partition coefficient (Wildman–Crippen LogP) is 2.79. The second-order valence-electron chi connectivity index (χ2n) is 4.82. The van der Waals surface area contributed by atoms with E-state index in [2.05, 4.69) is 11.4 Å². The SMILES string of the molecule is Clc1ccc2c(c1)OC1(CCCNCC1)C2. The average Bonchev–Trinajstić information content (AvgIpc) is 2.44. The summed E-state index contributed by atoms with van der Waals surface area (Å²) in [7, 11) is 0. The minimum atomic E-state index is 0.0382. The van der Waals surface area contributed by atoms with Gasteiger partial charge in [0.1, 0.15) is 11.4 Å². The van der Waals surface area contributed by atoms with Gasteiger partial charge >= 0.3 is 0 Å². The van der Waals surface area contributed by atoms with E-state index in [9.17, 15) is 0 Å². The van der Waals surface area contributed by atoms with Crippen molar-refractivity contribution in [3.05, 3.63) is 28.8 Å². The minimum absolute atomic E-state index is 0.0382. The lowest BCUT2D eigenvalue weighted by molar-refractivity contribution is 0.0809. The molecule has 2 aliphatic heterocycles. The first-order valence-electron chi connectivity index (χ1n) is 5.96. The van der Waals surface area contributed by atoms with Crippen LogP contribution in [-0.4, -0.2) is 18.7 Å². The summed E-state index contributed by atoms with van der Waals surface area (Å²) in [6.07, 6.45) is 4.48. The van der Waals surface area contributed by atoms with E-state index in [4.69, 9.17) is 16.3 Å². The second-order valence-corrected chi connectivity index (χ2v) is 5.25. The van der Waals surface area contributed by atoms with Crippen LogP contribution in [0.1, 0.15) is 24.8 Å². The number of rotatable bonds is 0. The van der Waals surface area contributed by atoms with Crippen LogP contribution in [0.3, 0.4) is 0 Å². The third kappa shape index (κ3) is 1.80. The van der Waals surface area contributed by atoms with Gasteiger partial charge in [-0.1, -0.05) is 17.7 Å². The zero-order chi connectivity index (χ0) is 11.0. The van der Waals surface area contributed by atoms with Crippen molar-refractivity contribution in [2.24, 2.45) is 0 Å². The molecular formula is C13H16ClNO. The molecule has 0 aromatic heterocycles. The Bertz CT molecular complexity index is 397. The Morgan fingerprint density at radius 3 is 3.12 bits per heavy atom. The molecule has 1 fully saturated rings. The third-order valence-electron chi connectivity index (χ3n) is 3.61. The number of hydrogen-bond acceptors (Lipinski definition) is 2. The van der Waals surface area contributed by atoms with Crippen molar-refractivity contribution in [1.82, 2.24) is 5.32 Å². The Morgan fingerprint density at radius 1 is 1.25 bits per heavy atom. The molecule has 3 heteroatoms. The van der Waals surface area contributed by atoms with Crippen LogP contribution >= 0.6 is 11.6 Å². The second kappa shape index (κ2) is 3.94. The molecule has 86 valence electrons. The Balaban J connectivity index is 1.87. The molecule has 1 saturated heterocycles. The van der Waals surface area contributed by atoms with Crippen molar-refractivity contribution in [2.45, 2.75) is 31.3 Å². The molecule has 2 heterocycles. The molecule has 0 bridgehead atoms. The van der Waals surface area contributed by atoms with Crippen molar-refractivity contribution in [1.29, 1.82) is 0 Å². The molecule has 16 heavy (non-hydrogen) atoms. The quantitative estimate of drug-likeness (QED) is 0.749.